The van der Waals surface area contributed by atoms with Gasteiger partial charge in [0.1, 0.15) is 10.7 Å². The van der Waals surface area contributed by atoms with Crippen LogP contribution in [0.15, 0.2) is 4.79 Å². The van der Waals surface area contributed by atoms with Crippen molar-refractivity contribution in [1.82, 2.24) is 20.2 Å². The van der Waals surface area contributed by atoms with Gasteiger partial charge in [-0.25, -0.2) is 4.98 Å². The van der Waals surface area contributed by atoms with Crippen LogP contribution in [0.1, 0.15) is 48.9 Å². The lowest BCUT2D eigenvalue weighted by Gasteiger charge is -2.31. The topological polar surface area (TPSA) is 78.1 Å². The number of aromatic nitrogens is 2. The van der Waals surface area contributed by atoms with E-state index in [0.717, 1.165) is 55.4 Å². The number of hydrogen-bond acceptors (Lipinski definition) is 5. The minimum atomic E-state index is -0.0377. The first-order valence-electron chi connectivity index (χ1n) is 10.0. The number of rotatable bonds is 4. The van der Waals surface area contributed by atoms with Gasteiger partial charge in [-0.2, -0.15) is 0 Å². The van der Waals surface area contributed by atoms with E-state index >= 15 is 0 Å². The smallest absolute Gasteiger partial charge is 0.259 e. The molecule has 1 fully saturated rings. The second kappa shape index (κ2) is 7.72. The van der Waals surface area contributed by atoms with Crippen LogP contribution >= 0.6 is 11.3 Å². The molecule has 7 heteroatoms. The fourth-order valence-electron chi connectivity index (χ4n) is 4.31. The van der Waals surface area contributed by atoms with Crippen molar-refractivity contribution in [3.8, 4) is 0 Å². The van der Waals surface area contributed by atoms with Gasteiger partial charge >= 0.3 is 0 Å². The van der Waals surface area contributed by atoms with E-state index in [1.807, 2.05) is 11.9 Å². The van der Waals surface area contributed by atoms with Gasteiger partial charge in [0.25, 0.3) is 5.56 Å². The van der Waals surface area contributed by atoms with Crippen molar-refractivity contribution in [2.75, 3.05) is 20.1 Å². The minimum absolute atomic E-state index is 0.0377. The number of aryl methyl sites for hydroxylation is 2. The largest absolute Gasteiger partial charge is 0.343 e. The molecule has 1 atom stereocenters. The molecule has 2 aliphatic rings. The molecule has 2 N–H and O–H groups in total. The van der Waals surface area contributed by atoms with Gasteiger partial charge < -0.3 is 15.2 Å². The molecule has 4 rings (SSSR count). The molecule has 1 unspecified atom stereocenters. The molecule has 2 aromatic heterocycles. The summed E-state index contributed by atoms with van der Waals surface area (Å²) in [4.78, 5) is 36.9. The van der Waals surface area contributed by atoms with E-state index in [-0.39, 0.29) is 11.5 Å². The SMILES string of the molecule is CNC1CCN(C(=O)CCc2nc3sc4c(c3c(=O)[nH]2)CCC(C)C4)CC1. The number of likely N-dealkylation sites (tertiary alicyclic amines) is 1. The van der Waals surface area contributed by atoms with Crippen molar-refractivity contribution in [3.63, 3.8) is 0 Å². The highest BCUT2D eigenvalue weighted by atomic mass is 32.1. The lowest BCUT2D eigenvalue weighted by atomic mass is 9.89. The number of nitrogens with zero attached hydrogens (tertiary/aromatic N) is 2. The van der Waals surface area contributed by atoms with Crippen LogP contribution in [-0.2, 0) is 24.1 Å². The predicted molar refractivity (Wildman–Crippen MR) is 108 cm³/mol. The summed E-state index contributed by atoms with van der Waals surface area (Å²) in [5.74, 6) is 1.47. The summed E-state index contributed by atoms with van der Waals surface area (Å²) in [5.41, 5.74) is 1.17. The second-order valence-electron chi connectivity index (χ2n) is 7.99. The van der Waals surface area contributed by atoms with Gasteiger partial charge in [-0.15, -0.1) is 11.3 Å². The Morgan fingerprint density at radius 3 is 2.85 bits per heavy atom. The first-order valence-corrected chi connectivity index (χ1v) is 10.8. The molecule has 27 heavy (non-hydrogen) atoms. The lowest BCUT2D eigenvalue weighted by Crippen LogP contribution is -2.44. The number of carbonyl (C=O) groups is 1. The Labute approximate surface area is 163 Å². The van der Waals surface area contributed by atoms with Gasteiger partial charge in [0.2, 0.25) is 5.91 Å². The normalized spacial score (nSPS) is 20.8. The summed E-state index contributed by atoms with van der Waals surface area (Å²) in [7, 11) is 1.98. The first kappa shape index (κ1) is 18.6. The highest BCUT2D eigenvalue weighted by molar-refractivity contribution is 7.18. The number of hydrogen-bond donors (Lipinski definition) is 2. The summed E-state index contributed by atoms with van der Waals surface area (Å²) >= 11 is 1.66. The quantitative estimate of drug-likeness (QED) is 0.842. The van der Waals surface area contributed by atoms with Crippen LogP contribution in [0.25, 0.3) is 10.2 Å². The molecular formula is C20H28N4O2S. The zero-order chi connectivity index (χ0) is 19.0. The van der Waals surface area contributed by atoms with E-state index in [4.69, 9.17) is 4.98 Å². The van der Waals surface area contributed by atoms with E-state index < -0.39 is 0 Å². The van der Waals surface area contributed by atoms with E-state index in [1.165, 1.54) is 10.4 Å². The standard InChI is InChI=1S/C20H28N4O2S/c1-12-3-4-14-15(11-12)27-20-18(14)19(26)22-16(23-20)5-6-17(25)24-9-7-13(21-2)8-10-24/h12-13,21H,3-11H2,1-2H3,(H,22,23,26). The van der Waals surface area contributed by atoms with E-state index in [9.17, 15) is 9.59 Å². The van der Waals surface area contributed by atoms with Gasteiger partial charge in [0.05, 0.1) is 5.39 Å². The maximum Gasteiger partial charge on any atom is 0.259 e. The zero-order valence-corrected chi connectivity index (χ0v) is 17.0. The molecule has 2 aromatic rings. The average Bonchev–Trinajstić information content (AvgIpc) is 3.03. The van der Waals surface area contributed by atoms with Crippen LogP contribution in [-0.4, -0.2) is 47.0 Å². The van der Waals surface area contributed by atoms with Crippen LogP contribution in [0.4, 0.5) is 0 Å². The number of amides is 1. The number of H-pyrrole nitrogens is 1. The van der Waals surface area contributed by atoms with E-state index in [2.05, 4.69) is 17.2 Å². The minimum Gasteiger partial charge on any atom is -0.343 e. The maximum atomic E-state index is 12.6. The monoisotopic (exact) mass is 388 g/mol. The van der Waals surface area contributed by atoms with Crippen LogP contribution < -0.4 is 10.9 Å². The van der Waals surface area contributed by atoms with Crippen molar-refractivity contribution < 1.29 is 4.79 Å². The molecule has 0 aromatic carbocycles. The molecule has 1 saturated heterocycles. The van der Waals surface area contributed by atoms with Gasteiger partial charge in [0, 0.05) is 36.9 Å². The van der Waals surface area contributed by atoms with Gasteiger partial charge in [-0.1, -0.05) is 6.92 Å². The zero-order valence-electron chi connectivity index (χ0n) is 16.1. The molecule has 3 heterocycles. The van der Waals surface area contributed by atoms with Gasteiger partial charge in [-0.05, 0) is 50.6 Å². The molecule has 1 aliphatic carbocycles. The summed E-state index contributed by atoms with van der Waals surface area (Å²) in [6.07, 6.45) is 6.06. The Kier molecular flexibility index (Phi) is 5.32. The van der Waals surface area contributed by atoms with Gasteiger partial charge in [0.15, 0.2) is 0 Å². The highest BCUT2D eigenvalue weighted by Crippen LogP contribution is 2.35. The van der Waals surface area contributed by atoms with Crippen molar-refractivity contribution in [2.24, 2.45) is 5.92 Å². The molecule has 6 nitrogen and oxygen atoms in total. The molecule has 0 bridgehead atoms. The third kappa shape index (κ3) is 3.80. The number of thiophene rings is 1. The third-order valence-corrected chi connectivity index (χ3v) is 7.19. The van der Waals surface area contributed by atoms with Gasteiger partial charge in [-0.3, -0.25) is 9.59 Å². The van der Waals surface area contributed by atoms with E-state index in [1.54, 1.807) is 11.3 Å². The molecule has 1 aliphatic heterocycles. The van der Waals surface area contributed by atoms with Crippen LogP contribution in [0.2, 0.25) is 0 Å². The fraction of sp³-hybridized carbons (Fsp3) is 0.650. The summed E-state index contributed by atoms with van der Waals surface area (Å²) in [5, 5.41) is 4.06. The predicted octanol–water partition coefficient (Wildman–Crippen LogP) is 2.25. The Bertz CT molecular complexity index is 895. The van der Waals surface area contributed by atoms with Crippen molar-refractivity contribution in [2.45, 2.75) is 57.9 Å². The Hall–Kier alpha value is -1.73. The molecule has 0 saturated carbocycles. The molecule has 0 spiro atoms. The Balaban J connectivity index is 1.45. The lowest BCUT2D eigenvalue weighted by molar-refractivity contribution is -0.132. The molecule has 146 valence electrons. The Morgan fingerprint density at radius 1 is 1.33 bits per heavy atom. The number of nitrogens with one attached hydrogen (secondary N) is 2. The third-order valence-electron chi connectivity index (χ3n) is 6.05. The molecular weight excluding hydrogens is 360 g/mol. The number of carbonyl (C=O) groups excluding carboxylic acids is 1. The number of piperidine rings is 1. The summed E-state index contributed by atoms with van der Waals surface area (Å²) in [6, 6.07) is 0.516. The first-order chi connectivity index (χ1) is 13.0. The maximum absolute atomic E-state index is 12.6. The van der Waals surface area contributed by atoms with Crippen LogP contribution in [0.5, 0.6) is 0 Å². The molecule has 0 radical (unpaired) electrons. The summed E-state index contributed by atoms with van der Waals surface area (Å²) in [6.45, 7) is 3.88. The summed E-state index contributed by atoms with van der Waals surface area (Å²) < 4.78 is 0. The van der Waals surface area contributed by atoms with E-state index in [0.29, 0.717) is 30.6 Å². The van der Waals surface area contributed by atoms with Crippen LogP contribution in [0.3, 0.4) is 0 Å². The highest BCUT2D eigenvalue weighted by Gasteiger charge is 2.24. The van der Waals surface area contributed by atoms with Crippen molar-refractivity contribution in [3.05, 3.63) is 26.6 Å². The second-order valence-corrected chi connectivity index (χ2v) is 9.07. The van der Waals surface area contributed by atoms with Crippen LogP contribution in [0, 0.1) is 5.92 Å². The van der Waals surface area contributed by atoms with Crippen molar-refractivity contribution >= 4 is 27.5 Å². The molecule has 1 amide bonds. The number of fused-ring (bicyclic) bond motifs is 3. The van der Waals surface area contributed by atoms with Crippen molar-refractivity contribution in [1.29, 1.82) is 0 Å². The average molecular weight is 389 g/mol. The fourth-order valence-corrected chi connectivity index (χ4v) is 5.72. The Morgan fingerprint density at radius 2 is 2.11 bits per heavy atom. The number of aromatic amines is 1.